The van der Waals surface area contributed by atoms with E-state index in [2.05, 4.69) is 6.07 Å². The maximum atomic E-state index is 11.2. The van der Waals surface area contributed by atoms with E-state index in [1.54, 1.807) is 37.3 Å². The summed E-state index contributed by atoms with van der Waals surface area (Å²) in [7, 11) is 0. The lowest BCUT2D eigenvalue weighted by molar-refractivity contribution is 0.0664. The van der Waals surface area contributed by atoms with Crippen molar-refractivity contribution in [1.29, 1.82) is 5.26 Å². The molecule has 5 nitrogen and oxygen atoms in total. The molecule has 0 radical (unpaired) electrons. The van der Waals surface area contributed by atoms with E-state index in [4.69, 9.17) is 19.5 Å². The third-order valence-electron chi connectivity index (χ3n) is 3.59. The van der Waals surface area contributed by atoms with Crippen LogP contribution in [-0.2, 0) is 6.61 Å². The van der Waals surface area contributed by atoms with Crippen molar-refractivity contribution in [3.8, 4) is 11.8 Å². The molecule has 0 unspecified atom stereocenters. The van der Waals surface area contributed by atoms with Gasteiger partial charge in [0.2, 0.25) is 5.76 Å². The molecule has 2 aromatic carbocycles. The van der Waals surface area contributed by atoms with Crippen molar-refractivity contribution in [2.75, 3.05) is 0 Å². The van der Waals surface area contributed by atoms with Gasteiger partial charge >= 0.3 is 5.97 Å². The molecule has 3 rings (SSSR count). The van der Waals surface area contributed by atoms with Crippen molar-refractivity contribution in [2.24, 2.45) is 0 Å². The molecule has 0 bridgehead atoms. The Kier molecular flexibility index (Phi) is 3.73. The largest absolute Gasteiger partial charge is 0.488 e. The molecular formula is C18H13NO4. The van der Waals surface area contributed by atoms with E-state index in [0.717, 1.165) is 5.56 Å². The molecule has 0 saturated carbocycles. The highest BCUT2D eigenvalue weighted by Gasteiger charge is 2.19. The number of hydrogen-bond acceptors (Lipinski definition) is 4. The van der Waals surface area contributed by atoms with Gasteiger partial charge in [0.1, 0.15) is 17.9 Å². The summed E-state index contributed by atoms with van der Waals surface area (Å²) in [6.07, 6.45) is 0. The number of rotatable bonds is 4. The van der Waals surface area contributed by atoms with Gasteiger partial charge in [0.15, 0.2) is 0 Å². The van der Waals surface area contributed by atoms with Crippen LogP contribution in [0.3, 0.4) is 0 Å². The third-order valence-corrected chi connectivity index (χ3v) is 3.59. The van der Waals surface area contributed by atoms with Crippen LogP contribution in [0.2, 0.25) is 0 Å². The number of carbonyl (C=O) groups is 1. The number of carboxylic acids is 1. The van der Waals surface area contributed by atoms with E-state index in [-0.39, 0.29) is 5.76 Å². The molecule has 3 aromatic rings. The fourth-order valence-corrected chi connectivity index (χ4v) is 2.43. The number of aryl methyl sites for hydroxylation is 1. The van der Waals surface area contributed by atoms with Gasteiger partial charge in [-0.3, -0.25) is 0 Å². The van der Waals surface area contributed by atoms with E-state index in [1.165, 1.54) is 0 Å². The molecule has 0 fully saturated rings. The van der Waals surface area contributed by atoms with Gasteiger partial charge in [0.25, 0.3) is 0 Å². The molecule has 5 heteroatoms. The van der Waals surface area contributed by atoms with Crippen LogP contribution in [0.5, 0.6) is 5.75 Å². The van der Waals surface area contributed by atoms with Crippen LogP contribution in [-0.4, -0.2) is 11.1 Å². The summed E-state index contributed by atoms with van der Waals surface area (Å²) < 4.78 is 11.2. The van der Waals surface area contributed by atoms with Crippen molar-refractivity contribution < 1.29 is 19.1 Å². The van der Waals surface area contributed by atoms with Crippen LogP contribution >= 0.6 is 0 Å². The third kappa shape index (κ3) is 2.74. The minimum Gasteiger partial charge on any atom is -0.488 e. The molecule has 23 heavy (non-hydrogen) atoms. The van der Waals surface area contributed by atoms with Gasteiger partial charge in [-0.25, -0.2) is 4.79 Å². The molecule has 0 saturated heterocycles. The maximum absolute atomic E-state index is 11.2. The zero-order valence-electron chi connectivity index (χ0n) is 12.4. The number of nitriles is 1. The Morgan fingerprint density at radius 2 is 2.00 bits per heavy atom. The Bertz CT molecular complexity index is 917. The Labute approximate surface area is 132 Å². The molecule has 0 atom stereocenters. The first kappa shape index (κ1) is 14.7. The Morgan fingerprint density at radius 1 is 1.26 bits per heavy atom. The van der Waals surface area contributed by atoms with E-state index in [0.29, 0.717) is 34.5 Å². The molecule has 114 valence electrons. The predicted molar refractivity (Wildman–Crippen MR) is 83.4 cm³/mol. The van der Waals surface area contributed by atoms with Crippen molar-refractivity contribution in [2.45, 2.75) is 13.5 Å². The number of carboxylic acid groups (broad SMARTS) is 1. The second kappa shape index (κ2) is 5.85. The van der Waals surface area contributed by atoms with Crippen LogP contribution in [0.15, 0.2) is 46.9 Å². The summed E-state index contributed by atoms with van der Waals surface area (Å²) in [4.78, 5) is 11.2. The standard InChI is InChI=1S/C18H13NO4/c1-11-16-14(3-2-4-15(16)23-17(11)18(20)21)22-10-13-7-5-12(9-19)6-8-13/h2-8H,10H2,1H3,(H,20,21). The fourth-order valence-electron chi connectivity index (χ4n) is 2.43. The molecule has 0 aliphatic heterocycles. The first-order valence-corrected chi connectivity index (χ1v) is 6.97. The average molecular weight is 307 g/mol. The summed E-state index contributed by atoms with van der Waals surface area (Å²) >= 11 is 0. The highest BCUT2D eigenvalue weighted by atomic mass is 16.5. The molecular weight excluding hydrogens is 294 g/mol. The van der Waals surface area contributed by atoms with Gasteiger partial charge < -0.3 is 14.3 Å². The van der Waals surface area contributed by atoms with Gasteiger partial charge in [-0.15, -0.1) is 0 Å². The van der Waals surface area contributed by atoms with Gasteiger partial charge in [-0.05, 0) is 36.8 Å². The van der Waals surface area contributed by atoms with Crippen LogP contribution in [0.1, 0.15) is 27.2 Å². The minimum absolute atomic E-state index is 0.0746. The normalized spacial score (nSPS) is 10.4. The zero-order chi connectivity index (χ0) is 16.4. The van der Waals surface area contributed by atoms with Crippen molar-refractivity contribution in [1.82, 2.24) is 0 Å². The van der Waals surface area contributed by atoms with Gasteiger partial charge in [0.05, 0.1) is 17.0 Å². The lowest BCUT2D eigenvalue weighted by Gasteiger charge is -2.08. The topological polar surface area (TPSA) is 83.5 Å². The molecule has 1 aromatic heterocycles. The second-order valence-electron chi connectivity index (χ2n) is 5.09. The number of ether oxygens (including phenoxy) is 1. The molecule has 0 spiro atoms. The summed E-state index contributed by atoms with van der Waals surface area (Å²) in [5.74, 6) is -0.605. The van der Waals surface area contributed by atoms with Crippen molar-refractivity contribution in [3.63, 3.8) is 0 Å². The molecule has 1 heterocycles. The van der Waals surface area contributed by atoms with Crippen molar-refractivity contribution >= 4 is 16.9 Å². The number of aromatic carboxylic acids is 1. The number of benzene rings is 2. The van der Waals surface area contributed by atoms with Crippen LogP contribution in [0.4, 0.5) is 0 Å². The monoisotopic (exact) mass is 307 g/mol. The van der Waals surface area contributed by atoms with Crippen LogP contribution in [0.25, 0.3) is 11.0 Å². The first-order chi connectivity index (χ1) is 11.1. The van der Waals surface area contributed by atoms with Crippen LogP contribution < -0.4 is 4.74 Å². The molecule has 1 N–H and O–H groups in total. The Hall–Kier alpha value is -3.26. The summed E-state index contributed by atoms with van der Waals surface area (Å²) in [6, 6.07) is 14.4. The minimum atomic E-state index is -1.10. The molecule has 0 amide bonds. The lowest BCUT2D eigenvalue weighted by Crippen LogP contribution is -1.97. The second-order valence-corrected chi connectivity index (χ2v) is 5.09. The smallest absolute Gasteiger partial charge is 0.372 e. The highest BCUT2D eigenvalue weighted by Crippen LogP contribution is 2.33. The number of hydrogen-bond donors (Lipinski definition) is 1. The van der Waals surface area contributed by atoms with Crippen molar-refractivity contribution in [3.05, 3.63) is 64.9 Å². The van der Waals surface area contributed by atoms with E-state index < -0.39 is 5.97 Å². The van der Waals surface area contributed by atoms with Gasteiger partial charge in [0, 0.05) is 5.56 Å². The summed E-state index contributed by atoms with van der Waals surface area (Å²) in [6.45, 7) is 2.02. The zero-order valence-corrected chi connectivity index (χ0v) is 12.4. The van der Waals surface area contributed by atoms with Gasteiger partial charge in [-0.2, -0.15) is 5.26 Å². The number of nitrogens with zero attached hydrogens (tertiary/aromatic N) is 1. The number of furan rings is 1. The number of fused-ring (bicyclic) bond motifs is 1. The first-order valence-electron chi connectivity index (χ1n) is 6.97. The average Bonchev–Trinajstić information content (AvgIpc) is 2.91. The Morgan fingerprint density at radius 3 is 2.65 bits per heavy atom. The molecule has 0 aliphatic rings. The summed E-state index contributed by atoms with van der Waals surface area (Å²) in [5, 5.41) is 18.6. The maximum Gasteiger partial charge on any atom is 0.372 e. The quantitative estimate of drug-likeness (QED) is 0.790. The van der Waals surface area contributed by atoms with Crippen LogP contribution in [0, 0.1) is 18.3 Å². The van der Waals surface area contributed by atoms with E-state index in [1.807, 2.05) is 12.1 Å². The highest BCUT2D eigenvalue weighted by molar-refractivity contribution is 5.97. The van der Waals surface area contributed by atoms with Gasteiger partial charge in [-0.1, -0.05) is 18.2 Å². The summed E-state index contributed by atoms with van der Waals surface area (Å²) in [5.41, 5.74) is 2.54. The fraction of sp³-hybridized carbons (Fsp3) is 0.111. The Balaban J connectivity index is 1.90. The lowest BCUT2D eigenvalue weighted by atomic mass is 10.1. The molecule has 0 aliphatic carbocycles. The van der Waals surface area contributed by atoms with E-state index in [9.17, 15) is 4.79 Å². The van der Waals surface area contributed by atoms with E-state index >= 15 is 0 Å². The SMILES string of the molecule is Cc1c(C(=O)O)oc2cccc(OCc3ccc(C#N)cc3)c12. The predicted octanol–water partition coefficient (Wildman–Crippen LogP) is 3.89.